The van der Waals surface area contributed by atoms with Crippen LogP contribution in [0.4, 0.5) is 22.7 Å². The van der Waals surface area contributed by atoms with Gasteiger partial charge in [-0.15, -0.1) is 0 Å². The van der Waals surface area contributed by atoms with Crippen LogP contribution in [0.15, 0.2) is 150 Å². The third-order valence-corrected chi connectivity index (χ3v) is 13.0. The lowest BCUT2D eigenvalue weighted by molar-refractivity contribution is 0.504. The van der Waals surface area contributed by atoms with Crippen molar-refractivity contribution in [3.8, 4) is 0 Å². The summed E-state index contributed by atoms with van der Waals surface area (Å²) in [5, 5.41) is 2.54. The van der Waals surface area contributed by atoms with Gasteiger partial charge in [-0.3, -0.25) is 0 Å². The lowest BCUT2D eigenvalue weighted by atomic mass is 9.57. The molecule has 0 N–H and O–H groups in total. The number of para-hydroxylation sites is 1. The van der Waals surface area contributed by atoms with Crippen molar-refractivity contribution < 1.29 is 0 Å². The Morgan fingerprint density at radius 1 is 0.647 bits per heavy atom. The van der Waals surface area contributed by atoms with Crippen molar-refractivity contribution in [2.45, 2.75) is 83.0 Å². The lowest BCUT2D eigenvalue weighted by Crippen LogP contribution is -2.48. The second-order valence-corrected chi connectivity index (χ2v) is 16.9. The summed E-state index contributed by atoms with van der Waals surface area (Å²) in [5.41, 5.74) is 17.6. The second-order valence-electron chi connectivity index (χ2n) is 16.9. The standard InChI is InChI=1S/C49H46N2/c1-47(2)37-24-16-25-38-44(37)51-45-39(47)27-33(31-17-9-7-10-18-31)28-40(45)49(5,6)42-30-35(29-41(46(42)51)48(38,3)4)50(34-21-11-8-12-22-34)43-26-15-20-32-19-13-14-23-36(32)43/h7,9-11,13-26,28-30,33H,8,12,27H2,1-6H3. The van der Waals surface area contributed by atoms with Crippen molar-refractivity contribution in [1.29, 1.82) is 0 Å². The molecule has 0 fully saturated rings. The van der Waals surface area contributed by atoms with E-state index in [4.69, 9.17) is 0 Å². The summed E-state index contributed by atoms with van der Waals surface area (Å²) in [5.74, 6) is 0.332. The molecule has 0 amide bonds. The van der Waals surface area contributed by atoms with Crippen LogP contribution in [0.25, 0.3) is 10.8 Å². The van der Waals surface area contributed by atoms with Gasteiger partial charge < -0.3 is 9.80 Å². The molecular formula is C49H46N2. The van der Waals surface area contributed by atoms with Gasteiger partial charge in [0.1, 0.15) is 0 Å². The normalized spacial score (nSPS) is 21.2. The number of anilines is 4. The third-order valence-electron chi connectivity index (χ3n) is 13.0. The van der Waals surface area contributed by atoms with Crippen LogP contribution in [0, 0.1) is 0 Å². The quantitative estimate of drug-likeness (QED) is 0.189. The smallest absolute Gasteiger partial charge is 0.0545 e. The molecule has 2 nitrogen and oxygen atoms in total. The van der Waals surface area contributed by atoms with Gasteiger partial charge in [-0.25, -0.2) is 0 Å². The molecule has 0 saturated heterocycles. The van der Waals surface area contributed by atoms with Gasteiger partial charge in [0.15, 0.2) is 0 Å². The Kier molecular flexibility index (Phi) is 6.31. The Hall–Kier alpha value is -5.08. The highest BCUT2D eigenvalue weighted by Gasteiger charge is 2.54. The number of rotatable bonds is 4. The Bertz CT molecular complexity index is 2420. The SMILES string of the molecule is CC1(C)C2=CC(c3ccccc3)CC3=C2N2c4c1cc(N(C1=CCCC=C1)c1cccc5ccccc15)cc4C(C)(C)c1cccc(c12)C3(C)C. The second kappa shape index (κ2) is 10.5. The minimum absolute atomic E-state index is 0.0875. The van der Waals surface area contributed by atoms with Crippen LogP contribution < -0.4 is 9.80 Å². The van der Waals surface area contributed by atoms with Gasteiger partial charge in [0.2, 0.25) is 0 Å². The van der Waals surface area contributed by atoms with Crippen LogP contribution in [0.2, 0.25) is 0 Å². The van der Waals surface area contributed by atoms with E-state index in [1.165, 1.54) is 78.3 Å². The number of hydrogen-bond acceptors (Lipinski definition) is 2. The first kappa shape index (κ1) is 30.7. The zero-order chi connectivity index (χ0) is 34.9. The molecule has 0 bridgehead atoms. The number of allylic oxidation sites excluding steroid dienone is 6. The fourth-order valence-corrected chi connectivity index (χ4v) is 10.2. The molecule has 10 rings (SSSR count). The van der Waals surface area contributed by atoms with Crippen LogP contribution >= 0.6 is 0 Å². The predicted octanol–water partition coefficient (Wildman–Crippen LogP) is 12.9. The van der Waals surface area contributed by atoms with Gasteiger partial charge >= 0.3 is 0 Å². The summed E-state index contributed by atoms with van der Waals surface area (Å²) in [6, 6.07) is 39.0. The Balaban J connectivity index is 1.30. The average molecular weight is 663 g/mol. The van der Waals surface area contributed by atoms with Gasteiger partial charge in [-0.1, -0.05) is 145 Å². The van der Waals surface area contributed by atoms with Crippen LogP contribution in [0.1, 0.15) is 94.5 Å². The first-order valence-electron chi connectivity index (χ1n) is 18.9. The van der Waals surface area contributed by atoms with Crippen molar-refractivity contribution in [2.75, 3.05) is 9.80 Å². The van der Waals surface area contributed by atoms with E-state index in [0.29, 0.717) is 5.92 Å². The maximum absolute atomic E-state index is 2.73. The molecule has 5 aromatic rings. The number of hydrogen-bond donors (Lipinski definition) is 0. The van der Waals surface area contributed by atoms with Crippen molar-refractivity contribution >= 4 is 33.5 Å². The van der Waals surface area contributed by atoms with Gasteiger partial charge in [0.25, 0.3) is 0 Å². The lowest BCUT2D eigenvalue weighted by Gasteiger charge is -2.58. The van der Waals surface area contributed by atoms with E-state index in [2.05, 4.69) is 179 Å². The Morgan fingerprint density at radius 2 is 1.31 bits per heavy atom. The Morgan fingerprint density at radius 3 is 2.08 bits per heavy atom. The van der Waals surface area contributed by atoms with Crippen molar-refractivity contribution in [3.05, 3.63) is 178 Å². The molecule has 0 saturated carbocycles. The molecule has 3 aliphatic heterocycles. The van der Waals surface area contributed by atoms with Gasteiger partial charge in [-0.2, -0.15) is 0 Å². The first-order valence-corrected chi connectivity index (χ1v) is 18.9. The van der Waals surface area contributed by atoms with Crippen LogP contribution in [-0.4, -0.2) is 0 Å². The zero-order valence-corrected chi connectivity index (χ0v) is 30.7. The maximum atomic E-state index is 2.73. The molecule has 0 spiro atoms. The Labute approximate surface area is 303 Å². The number of fused-ring (bicyclic) bond motifs is 1. The predicted molar refractivity (Wildman–Crippen MR) is 215 cm³/mol. The van der Waals surface area contributed by atoms with Crippen LogP contribution in [-0.2, 0) is 16.2 Å². The molecular weight excluding hydrogens is 617 g/mol. The third kappa shape index (κ3) is 4.11. The van der Waals surface area contributed by atoms with E-state index in [1.807, 2.05) is 0 Å². The van der Waals surface area contributed by atoms with E-state index in [9.17, 15) is 0 Å². The van der Waals surface area contributed by atoms with Crippen molar-refractivity contribution in [1.82, 2.24) is 0 Å². The van der Waals surface area contributed by atoms with E-state index < -0.39 is 0 Å². The molecule has 1 atom stereocenters. The van der Waals surface area contributed by atoms with Gasteiger partial charge in [-0.05, 0) is 87.9 Å². The van der Waals surface area contributed by atoms with E-state index in [-0.39, 0.29) is 16.2 Å². The monoisotopic (exact) mass is 662 g/mol. The summed E-state index contributed by atoms with van der Waals surface area (Å²) in [6.45, 7) is 14.9. The average Bonchev–Trinajstić information content (AvgIpc) is 3.15. The van der Waals surface area contributed by atoms with Crippen molar-refractivity contribution in [3.63, 3.8) is 0 Å². The first-order chi connectivity index (χ1) is 24.6. The molecule has 2 heteroatoms. The number of benzene rings is 5. The highest BCUT2D eigenvalue weighted by molar-refractivity contribution is 5.99. The van der Waals surface area contributed by atoms with Gasteiger partial charge in [0, 0.05) is 38.9 Å². The molecule has 1 unspecified atom stereocenters. The summed E-state index contributed by atoms with van der Waals surface area (Å²) in [7, 11) is 0. The molecule has 51 heavy (non-hydrogen) atoms. The molecule has 5 aliphatic rings. The van der Waals surface area contributed by atoms with Crippen LogP contribution in [0.5, 0.6) is 0 Å². The zero-order valence-electron chi connectivity index (χ0n) is 30.7. The van der Waals surface area contributed by atoms with E-state index >= 15 is 0 Å². The highest BCUT2D eigenvalue weighted by Crippen LogP contribution is 2.67. The molecule has 0 aromatic heterocycles. The fraction of sp³-hybridized carbons (Fsp3) is 0.265. The summed E-state index contributed by atoms with van der Waals surface area (Å²) in [6.07, 6.45) is 12.9. The summed E-state index contributed by atoms with van der Waals surface area (Å²) >= 11 is 0. The topological polar surface area (TPSA) is 6.48 Å². The fourth-order valence-electron chi connectivity index (χ4n) is 10.2. The molecule has 5 aromatic carbocycles. The molecule has 3 heterocycles. The minimum Gasteiger partial charge on any atom is -0.310 e. The van der Waals surface area contributed by atoms with E-state index in [1.54, 1.807) is 5.57 Å². The maximum Gasteiger partial charge on any atom is 0.0545 e. The summed E-state index contributed by atoms with van der Waals surface area (Å²) < 4.78 is 0. The van der Waals surface area contributed by atoms with Crippen molar-refractivity contribution in [2.24, 2.45) is 0 Å². The number of nitrogens with zero attached hydrogens (tertiary/aromatic N) is 2. The minimum atomic E-state index is -0.220. The molecule has 2 aliphatic carbocycles. The highest BCUT2D eigenvalue weighted by atomic mass is 15.2. The molecule has 0 radical (unpaired) electrons. The van der Waals surface area contributed by atoms with E-state index in [0.717, 1.165) is 19.3 Å². The van der Waals surface area contributed by atoms with Gasteiger partial charge in [0.05, 0.1) is 22.8 Å². The largest absolute Gasteiger partial charge is 0.310 e. The van der Waals surface area contributed by atoms with Crippen LogP contribution in [0.3, 0.4) is 0 Å². The summed E-state index contributed by atoms with van der Waals surface area (Å²) in [4.78, 5) is 5.27. The molecule has 252 valence electrons.